The fraction of sp³-hybridized carbons (Fsp3) is 0.0476. The summed E-state index contributed by atoms with van der Waals surface area (Å²) in [6.07, 6.45) is 0.871. The molecule has 0 atom stereocenters. The van der Waals surface area contributed by atoms with Gasteiger partial charge in [-0.05, 0) is 16.3 Å². The van der Waals surface area contributed by atoms with Crippen molar-refractivity contribution >= 4 is 27.2 Å². The van der Waals surface area contributed by atoms with Crippen molar-refractivity contribution in [2.75, 3.05) is 5.73 Å². The Bertz CT molecular complexity index is 1080. The monoisotopic (exact) mass is 297 g/mol. The summed E-state index contributed by atoms with van der Waals surface area (Å²) in [7, 11) is 0. The van der Waals surface area contributed by atoms with Crippen molar-refractivity contribution in [1.29, 1.82) is 0 Å². The van der Waals surface area contributed by atoms with E-state index in [9.17, 15) is 0 Å². The van der Waals surface area contributed by atoms with Gasteiger partial charge in [-0.3, -0.25) is 0 Å². The van der Waals surface area contributed by atoms with Gasteiger partial charge in [0.05, 0.1) is 0 Å². The van der Waals surface area contributed by atoms with Gasteiger partial charge < -0.3 is 10.5 Å². The maximum atomic E-state index is 6.30. The zero-order valence-corrected chi connectivity index (χ0v) is 12.5. The molecule has 1 aliphatic heterocycles. The highest BCUT2D eigenvalue weighted by Crippen LogP contribution is 2.44. The Morgan fingerprint density at radius 3 is 2.39 bits per heavy atom. The zero-order chi connectivity index (χ0) is 15.4. The zero-order valence-electron chi connectivity index (χ0n) is 12.5. The molecular formula is C21H15NO. The number of ether oxygens (including phenoxy) is 1. The molecule has 0 spiro atoms. The molecule has 1 aliphatic rings. The number of hydrogen-bond donors (Lipinski definition) is 1. The Kier molecular flexibility index (Phi) is 2.45. The molecule has 0 aliphatic carbocycles. The van der Waals surface area contributed by atoms with Crippen LogP contribution >= 0.6 is 0 Å². The normalized spacial score (nSPS) is 12.7. The number of hydrogen-bond acceptors (Lipinski definition) is 2. The first-order valence-corrected chi connectivity index (χ1v) is 7.80. The predicted molar refractivity (Wildman–Crippen MR) is 95.2 cm³/mol. The van der Waals surface area contributed by atoms with Crippen molar-refractivity contribution in [3.8, 4) is 11.5 Å². The van der Waals surface area contributed by atoms with Gasteiger partial charge in [0.2, 0.25) is 0 Å². The van der Waals surface area contributed by atoms with E-state index in [1.165, 1.54) is 21.9 Å². The summed E-state index contributed by atoms with van der Waals surface area (Å²) in [5.41, 5.74) is 9.45. The molecule has 0 aromatic heterocycles. The molecule has 0 unspecified atom stereocenters. The van der Waals surface area contributed by atoms with Crippen molar-refractivity contribution in [3.63, 3.8) is 0 Å². The van der Waals surface area contributed by atoms with Crippen molar-refractivity contribution in [2.24, 2.45) is 0 Å². The Morgan fingerprint density at radius 1 is 0.783 bits per heavy atom. The lowest BCUT2D eigenvalue weighted by Gasteiger charge is -2.24. The van der Waals surface area contributed by atoms with Crippen LogP contribution in [-0.2, 0) is 6.42 Å². The number of rotatable bonds is 0. The first-order valence-electron chi connectivity index (χ1n) is 7.80. The molecule has 4 aromatic rings. The van der Waals surface area contributed by atoms with Crippen LogP contribution in [0.4, 0.5) is 5.69 Å². The lowest BCUT2D eigenvalue weighted by molar-refractivity contribution is 0.467. The van der Waals surface area contributed by atoms with Crippen molar-refractivity contribution in [1.82, 2.24) is 0 Å². The summed E-state index contributed by atoms with van der Waals surface area (Å²) < 4.78 is 6.30. The van der Waals surface area contributed by atoms with Crippen LogP contribution in [0.15, 0.2) is 66.7 Å². The molecule has 2 nitrogen and oxygen atoms in total. The third-order valence-electron chi connectivity index (χ3n) is 4.69. The standard InChI is InChI=1S/C21H15NO/c22-19-12-20-18(16-7-3-4-8-17(16)19)11-14-10-9-13-5-1-2-6-15(13)21(14)23-20/h1-10,12H,11,22H2. The molecule has 0 bridgehead atoms. The Hall–Kier alpha value is -3.00. The lowest BCUT2D eigenvalue weighted by Crippen LogP contribution is -2.05. The number of benzene rings is 4. The maximum Gasteiger partial charge on any atom is 0.138 e. The second kappa shape index (κ2) is 4.50. The topological polar surface area (TPSA) is 35.2 Å². The minimum Gasteiger partial charge on any atom is -0.456 e. The van der Waals surface area contributed by atoms with E-state index in [1.807, 2.05) is 12.1 Å². The van der Waals surface area contributed by atoms with Gasteiger partial charge in [0.25, 0.3) is 0 Å². The van der Waals surface area contributed by atoms with E-state index in [4.69, 9.17) is 10.5 Å². The number of fused-ring (bicyclic) bond motifs is 6. The van der Waals surface area contributed by atoms with E-state index in [0.29, 0.717) is 0 Å². The molecule has 4 aromatic carbocycles. The van der Waals surface area contributed by atoms with Gasteiger partial charge in [0.15, 0.2) is 0 Å². The molecular weight excluding hydrogens is 282 g/mol. The molecule has 0 amide bonds. The highest BCUT2D eigenvalue weighted by molar-refractivity contribution is 5.98. The first kappa shape index (κ1) is 12.5. The average Bonchev–Trinajstić information content (AvgIpc) is 2.61. The SMILES string of the molecule is Nc1cc2c(c3ccccc13)Cc1ccc3ccccc3c1O2. The first-order chi connectivity index (χ1) is 11.3. The Balaban J connectivity index is 1.80. The molecule has 0 radical (unpaired) electrons. The summed E-state index contributed by atoms with van der Waals surface area (Å²) in [4.78, 5) is 0. The van der Waals surface area contributed by atoms with Crippen LogP contribution in [0.1, 0.15) is 11.1 Å². The number of nitrogen functional groups attached to an aromatic ring is 1. The minimum atomic E-state index is 0.767. The van der Waals surface area contributed by atoms with Crippen LogP contribution in [0.2, 0.25) is 0 Å². The van der Waals surface area contributed by atoms with E-state index in [1.54, 1.807) is 0 Å². The van der Waals surface area contributed by atoms with Gasteiger partial charge in [-0.1, -0.05) is 60.7 Å². The molecule has 1 heterocycles. The number of nitrogens with two attached hydrogens (primary N) is 1. The van der Waals surface area contributed by atoms with Crippen LogP contribution in [-0.4, -0.2) is 0 Å². The van der Waals surface area contributed by atoms with Gasteiger partial charge in [0.1, 0.15) is 11.5 Å². The molecule has 0 saturated heterocycles. The van der Waals surface area contributed by atoms with Gasteiger partial charge in [-0.25, -0.2) is 0 Å². The second-order valence-electron chi connectivity index (χ2n) is 6.04. The molecule has 0 saturated carbocycles. The summed E-state index contributed by atoms with van der Waals surface area (Å²) in [6.45, 7) is 0. The molecule has 5 rings (SSSR count). The van der Waals surface area contributed by atoms with Crippen LogP contribution in [0.25, 0.3) is 21.5 Å². The van der Waals surface area contributed by atoms with Gasteiger partial charge >= 0.3 is 0 Å². The van der Waals surface area contributed by atoms with Crippen LogP contribution < -0.4 is 10.5 Å². The van der Waals surface area contributed by atoms with Crippen LogP contribution in [0, 0.1) is 0 Å². The van der Waals surface area contributed by atoms with Crippen molar-refractivity contribution in [3.05, 3.63) is 77.9 Å². The van der Waals surface area contributed by atoms with E-state index in [0.717, 1.165) is 34.4 Å². The molecule has 2 heteroatoms. The smallest absolute Gasteiger partial charge is 0.138 e. The third-order valence-corrected chi connectivity index (χ3v) is 4.69. The fourth-order valence-electron chi connectivity index (χ4n) is 3.56. The van der Waals surface area contributed by atoms with E-state index >= 15 is 0 Å². The largest absolute Gasteiger partial charge is 0.456 e. The maximum absolute atomic E-state index is 6.30. The Labute approximate surface area is 134 Å². The molecule has 0 fully saturated rings. The summed E-state index contributed by atoms with van der Waals surface area (Å²) in [5.74, 6) is 1.84. The molecule has 110 valence electrons. The van der Waals surface area contributed by atoms with E-state index in [2.05, 4.69) is 54.6 Å². The second-order valence-corrected chi connectivity index (χ2v) is 6.04. The highest BCUT2D eigenvalue weighted by atomic mass is 16.5. The van der Waals surface area contributed by atoms with Gasteiger partial charge in [0, 0.05) is 34.5 Å². The van der Waals surface area contributed by atoms with Crippen molar-refractivity contribution in [2.45, 2.75) is 6.42 Å². The Morgan fingerprint density at radius 2 is 1.52 bits per heavy atom. The quantitative estimate of drug-likeness (QED) is 0.395. The molecule has 23 heavy (non-hydrogen) atoms. The average molecular weight is 297 g/mol. The van der Waals surface area contributed by atoms with Gasteiger partial charge in [-0.2, -0.15) is 0 Å². The lowest BCUT2D eigenvalue weighted by atomic mass is 9.92. The third kappa shape index (κ3) is 1.75. The van der Waals surface area contributed by atoms with Crippen LogP contribution in [0.3, 0.4) is 0 Å². The predicted octanol–water partition coefficient (Wildman–Crippen LogP) is 5.27. The van der Waals surface area contributed by atoms with E-state index in [-0.39, 0.29) is 0 Å². The van der Waals surface area contributed by atoms with Crippen molar-refractivity contribution < 1.29 is 4.74 Å². The van der Waals surface area contributed by atoms with Crippen LogP contribution in [0.5, 0.6) is 11.5 Å². The summed E-state index contributed by atoms with van der Waals surface area (Å²) in [5, 5.41) is 4.63. The highest BCUT2D eigenvalue weighted by Gasteiger charge is 2.22. The molecule has 2 N–H and O–H groups in total. The van der Waals surface area contributed by atoms with E-state index < -0.39 is 0 Å². The van der Waals surface area contributed by atoms with Gasteiger partial charge in [-0.15, -0.1) is 0 Å². The summed E-state index contributed by atoms with van der Waals surface area (Å²) in [6, 6.07) is 22.9. The summed E-state index contributed by atoms with van der Waals surface area (Å²) >= 11 is 0. The minimum absolute atomic E-state index is 0.767. The number of anilines is 1. The fourth-order valence-corrected chi connectivity index (χ4v) is 3.56.